The normalized spacial score (nSPS) is 12.2. The molecule has 28 heavy (non-hydrogen) atoms. The van der Waals surface area contributed by atoms with Crippen LogP contribution in [0.4, 0.5) is 5.82 Å². The number of aliphatic hydroxyl groups excluding tert-OH is 1. The van der Waals surface area contributed by atoms with Crippen molar-refractivity contribution in [3.63, 3.8) is 0 Å². The molecule has 0 spiro atoms. The molecule has 4 rings (SSSR count). The van der Waals surface area contributed by atoms with Crippen molar-refractivity contribution in [1.29, 1.82) is 0 Å². The molecule has 1 aromatic carbocycles. The highest BCUT2D eigenvalue weighted by Gasteiger charge is 2.18. The molecule has 142 valence electrons. The number of imidazole rings is 1. The van der Waals surface area contributed by atoms with Gasteiger partial charge in [0.15, 0.2) is 5.65 Å². The fourth-order valence-electron chi connectivity index (χ4n) is 3.15. The van der Waals surface area contributed by atoms with Crippen molar-refractivity contribution in [3.05, 3.63) is 71.4 Å². The Morgan fingerprint density at radius 1 is 1.18 bits per heavy atom. The zero-order chi connectivity index (χ0) is 19.5. The highest BCUT2D eigenvalue weighted by Crippen LogP contribution is 2.30. The Hall–Kier alpha value is -3.03. The van der Waals surface area contributed by atoms with Crippen LogP contribution in [0.25, 0.3) is 16.9 Å². The SMILES string of the molecule is C[C@H](Nc1ncnc(Cl)c1CCO)c1cc2nccn2nc1-c1ccccc1. The first-order valence-electron chi connectivity index (χ1n) is 8.94. The van der Waals surface area contributed by atoms with Crippen LogP contribution >= 0.6 is 11.6 Å². The van der Waals surface area contributed by atoms with E-state index in [1.807, 2.05) is 49.5 Å². The van der Waals surface area contributed by atoms with E-state index in [-0.39, 0.29) is 12.6 Å². The Balaban J connectivity index is 1.77. The number of hydrogen-bond donors (Lipinski definition) is 2. The average Bonchev–Trinajstić information content (AvgIpc) is 3.18. The van der Waals surface area contributed by atoms with Crippen LogP contribution in [0.2, 0.25) is 5.15 Å². The molecule has 0 unspecified atom stereocenters. The predicted molar refractivity (Wildman–Crippen MR) is 108 cm³/mol. The number of aliphatic hydroxyl groups is 1. The molecular formula is C20H19ClN6O. The first-order chi connectivity index (χ1) is 13.7. The van der Waals surface area contributed by atoms with E-state index in [1.54, 1.807) is 10.7 Å². The molecule has 0 aliphatic heterocycles. The molecule has 0 aliphatic rings. The van der Waals surface area contributed by atoms with Crippen LogP contribution in [0.3, 0.4) is 0 Å². The lowest BCUT2D eigenvalue weighted by Gasteiger charge is -2.20. The smallest absolute Gasteiger partial charge is 0.153 e. The molecule has 0 radical (unpaired) electrons. The van der Waals surface area contributed by atoms with Crippen LogP contribution in [0.1, 0.15) is 24.1 Å². The quantitative estimate of drug-likeness (QED) is 0.486. The van der Waals surface area contributed by atoms with Gasteiger partial charge in [-0.15, -0.1) is 0 Å². The summed E-state index contributed by atoms with van der Waals surface area (Å²) in [6.45, 7) is 1.99. The summed E-state index contributed by atoms with van der Waals surface area (Å²) in [5.41, 5.74) is 4.30. The van der Waals surface area contributed by atoms with E-state index in [0.29, 0.717) is 23.0 Å². The molecular weight excluding hydrogens is 376 g/mol. The maximum absolute atomic E-state index is 9.34. The fraction of sp³-hybridized carbons (Fsp3) is 0.200. The van der Waals surface area contributed by atoms with Gasteiger partial charge in [-0.05, 0) is 13.0 Å². The largest absolute Gasteiger partial charge is 0.396 e. The Labute approximate surface area is 167 Å². The van der Waals surface area contributed by atoms with Gasteiger partial charge >= 0.3 is 0 Å². The lowest BCUT2D eigenvalue weighted by Crippen LogP contribution is -2.14. The van der Waals surface area contributed by atoms with E-state index in [0.717, 1.165) is 22.5 Å². The Kier molecular flexibility index (Phi) is 5.18. The maximum atomic E-state index is 9.34. The third-order valence-electron chi connectivity index (χ3n) is 4.54. The second-order valence-corrected chi connectivity index (χ2v) is 6.73. The molecule has 2 N–H and O–H groups in total. The maximum Gasteiger partial charge on any atom is 0.153 e. The molecule has 0 saturated heterocycles. The molecule has 0 fully saturated rings. The van der Waals surface area contributed by atoms with Crippen molar-refractivity contribution in [2.24, 2.45) is 0 Å². The molecule has 1 atom stereocenters. The summed E-state index contributed by atoms with van der Waals surface area (Å²) in [5.74, 6) is 0.601. The van der Waals surface area contributed by atoms with Crippen molar-refractivity contribution >= 4 is 23.1 Å². The zero-order valence-electron chi connectivity index (χ0n) is 15.2. The first kappa shape index (κ1) is 18.3. The van der Waals surface area contributed by atoms with Gasteiger partial charge in [-0.1, -0.05) is 41.9 Å². The van der Waals surface area contributed by atoms with Gasteiger partial charge in [0.1, 0.15) is 17.3 Å². The van der Waals surface area contributed by atoms with E-state index in [9.17, 15) is 5.11 Å². The molecule has 0 saturated carbocycles. The van der Waals surface area contributed by atoms with Crippen molar-refractivity contribution in [2.45, 2.75) is 19.4 Å². The van der Waals surface area contributed by atoms with Crippen molar-refractivity contribution < 1.29 is 5.11 Å². The van der Waals surface area contributed by atoms with Crippen LogP contribution in [0.5, 0.6) is 0 Å². The molecule has 3 heterocycles. The highest BCUT2D eigenvalue weighted by atomic mass is 35.5. The number of anilines is 1. The van der Waals surface area contributed by atoms with Crippen LogP contribution in [-0.2, 0) is 6.42 Å². The van der Waals surface area contributed by atoms with Gasteiger partial charge in [0, 0.05) is 42.1 Å². The Morgan fingerprint density at radius 2 is 2.00 bits per heavy atom. The summed E-state index contributed by atoms with van der Waals surface area (Å²) in [6, 6.07) is 11.9. The molecule has 8 heteroatoms. The highest BCUT2D eigenvalue weighted by molar-refractivity contribution is 6.30. The number of aromatic nitrogens is 5. The van der Waals surface area contributed by atoms with Gasteiger partial charge in [-0.25, -0.2) is 19.5 Å². The number of halogens is 1. The summed E-state index contributed by atoms with van der Waals surface area (Å²) in [5, 5.41) is 17.8. The number of hydrogen-bond acceptors (Lipinski definition) is 6. The second-order valence-electron chi connectivity index (χ2n) is 6.38. The van der Waals surface area contributed by atoms with E-state index in [1.165, 1.54) is 6.33 Å². The lowest BCUT2D eigenvalue weighted by atomic mass is 10.0. The predicted octanol–water partition coefficient (Wildman–Crippen LogP) is 3.55. The van der Waals surface area contributed by atoms with Crippen LogP contribution in [-0.4, -0.2) is 36.3 Å². The first-order valence-corrected chi connectivity index (χ1v) is 9.31. The topological polar surface area (TPSA) is 88.2 Å². The minimum atomic E-state index is -0.132. The minimum Gasteiger partial charge on any atom is -0.396 e. The van der Waals surface area contributed by atoms with Crippen LogP contribution in [0.15, 0.2) is 55.1 Å². The Morgan fingerprint density at radius 3 is 2.79 bits per heavy atom. The van der Waals surface area contributed by atoms with E-state index in [2.05, 4.69) is 20.3 Å². The summed E-state index contributed by atoms with van der Waals surface area (Å²) in [6.07, 6.45) is 5.33. The molecule has 7 nitrogen and oxygen atoms in total. The third kappa shape index (κ3) is 3.54. The van der Waals surface area contributed by atoms with Gasteiger partial charge < -0.3 is 10.4 Å². The number of nitrogens with one attached hydrogen (secondary N) is 1. The fourth-order valence-corrected chi connectivity index (χ4v) is 3.38. The van der Waals surface area contributed by atoms with Gasteiger partial charge in [-0.2, -0.15) is 5.10 Å². The second kappa shape index (κ2) is 7.92. The van der Waals surface area contributed by atoms with Gasteiger partial charge in [0.05, 0.1) is 11.7 Å². The number of nitrogens with zero attached hydrogens (tertiary/aromatic N) is 5. The van der Waals surface area contributed by atoms with Crippen LogP contribution < -0.4 is 5.32 Å². The van der Waals surface area contributed by atoms with Crippen molar-refractivity contribution in [1.82, 2.24) is 24.6 Å². The van der Waals surface area contributed by atoms with Gasteiger partial charge in [-0.3, -0.25) is 0 Å². The zero-order valence-corrected chi connectivity index (χ0v) is 16.0. The number of fused-ring (bicyclic) bond motifs is 1. The van der Waals surface area contributed by atoms with Crippen molar-refractivity contribution in [2.75, 3.05) is 11.9 Å². The molecule has 0 bridgehead atoms. The average molecular weight is 395 g/mol. The molecule has 0 amide bonds. The summed E-state index contributed by atoms with van der Waals surface area (Å²) >= 11 is 6.20. The van der Waals surface area contributed by atoms with Gasteiger partial charge in [0.25, 0.3) is 0 Å². The summed E-state index contributed by atoms with van der Waals surface area (Å²) < 4.78 is 1.76. The number of rotatable bonds is 6. The summed E-state index contributed by atoms with van der Waals surface area (Å²) in [4.78, 5) is 12.7. The third-order valence-corrected chi connectivity index (χ3v) is 4.86. The van der Waals surface area contributed by atoms with E-state index >= 15 is 0 Å². The minimum absolute atomic E-state index is 0.0347. The summed E-state index contributed by atoms with van der Waals surface area (Å²) in [7, 11) is 0. The lowest BCUT2D eigenvalue weighted by molar-refractivity contribution is 0.299. The van der Waals surface area contributed by atoms with E-state index < -0.39 is 0 Å². The standard InChI is InChI=1S/C20H19ClN6O/c1-13(25-20-15(7-10-28)19(21)23-12-24-20)16-11-17-22-8-9-27(17)26-18(16)14-5-3-2-4-6-14/h2-6,8-9,11-13,28H,7,10H2,1H3,(H,23,24,25)/t13-/m0/s1. The Bertz CT molecular complexity index is 1100. The van der Waals surface area contributed by atoms with Crippen LogP contribution in [0, 0.1) is 0 Å². The molecule has 3 aromatic heterocycles. The van der Waals surface area contributed by atoms with Crippen molar-refractivity contribution in [3.8, 4) is 11.3 Å². The number of benzene rings is 1. The van der Waals surface area contributed by atoms with Gasteiger partial charge in [0.2, 0.25) is 0 Å². The molecule has 0 aliphatic carbocycles. The molecule has 4 aromatic rings. The monoisotopic (exact) mass is 394 g/mol. The van der Waals surface area contributed by atoms with E-state index in [4.69, 9.17) is 16.7 Å².